The number of ether oxygens (including phenoxy) is 1. The van der Waals surface area contributed by atoms with E-state index in [1.165, 1.54) is 7.11 Å². The van der Waals surface area contributed by atoms with Crippen LogP contribution >= 0.6 is 0 Å². The zero-order valence-electron chi connectivity index (χ0n) is 23.6. The highest BCUT2D eigenvalue weighted by Gasteiger charge is 2.46. The second-order valence-electron chi connectivity index (χ2n) is 10.5. The number of hydrogen-bond donors (Lipinski definition) is 3. The molecule has 0 fully saturated rings. The van der Waals surface area contributed by atoms with Crippen LogP contribution in [0.2, 0.25) is 0 Å². The van der Waals surface area contributed by atoms with E-state index in [9.17, 15) is 14.4 Å². The number of likely N-dealkylation sites (N-methyl/N-ethyl adjacent to an activating group) is 1. The van der Waals surface area contributed by atoms with Crippen LogP contribution in [0.1, 0.15) is 35.8 Å². The highest BCUT2D eigenvalue weighted by atomic mass is 16.5. The number of aliphatic imine (C=N–C) groups is 1. The molecule has 0 aliphatic carbocycles. The quantitative estimate of drug-likeness (QED) is 0.441. The van der Waals surface area contributed by atoms with Crippen molar-refractivity contribution in [3.8, 4) is 5.75 Å². The van der Waals surface area contributed by atoms with Crippen molar-refractivity contribution < 1.29 is 19.1 Å². The minimum atomic E-state index is -0.580. The molecule has 0 radical (unpaired) electrons. The summed E-state index contributed by atoms with van der Waals surface area (Å²) < 4.78 is 5.35. The summed E-state index contributed by atoms with van der Waals surface area (Å²) in [5.74, 6) is 0.0405. The molecule has 2 aliphatic heterocycles. The number of urea groups is 1. The lowest BCUT2D eigenvalue weighted by atomic mass is 9.94. The molecule has 3 N–H and O–H groups in total. The lowest BCUT2D eigenvalue weighted by Crippen LogP contribution is -2.52. The van der Waals surface area contributed by atoms with E-state index in [2.05, 4.69) is 27.5 Å². The lowest BCUT2D eigenvalue weighted by Gasteiger charge is -2.36. The van der Waals surface area contributed by atoms with Gasteiger partial charge in [-0.2, -0.15) is 0 Å². The third-order valence-corrected chi connectivity index (χ3v) is 7.21. The van der Waals surface area contributed by atoms with Crippen LogP contribution in [0.15, 0.2) is 77.3 Å². The highest BCUT2D eigenvalue weighted by Crippen LogP contribution is 2.38. The van der Waals surface area contributed by atoms with Crippen molar-refractivity contribution in [2.75, 3.05) is 46.2 Å². The Bertz CT molecular complexity index is 1380. The number of nitrogens with one attached hydrogen (secondary N) is 3. The summed E-state index contributed by atoms with van der Waals surface area (Å²) >= 11 is 0. The first-order valence-electron chi connectivity index (χ1n) is 13.0. The summed E-state index contributed by atoms with van der Waals surface area (Å²) in [6.07, 6.45) is 1.15. The fraction of sp³-hybridized carbons (Fsp3) is 0.333. The molecule has 0 saturated heterocycles. The molecule has 2 aliphatic rings. The molecule has 4 rings (SSSR count). The van der Waals surface area contributed by atoms with Gasteiger partial charge in [-0.05, 0) is 63.4 Å². The van der Waals surface area contributed by atoms with Gasteiger partial charge in [0.15, 0.2) is 0 Å². The molecule has 2 aromatic rings. The molecule has 0 spiro atoms. The summed E-state index contributed by atoms with van der Waals surface area (Å²) in [4.78, 5) is 46.9. The van der Waals surface area contributed by atoms with Gasteiger partial charge in [-0.15, -0.1) is 0 Å². The zero-order chi connectivity index (χ0) is 29.0. The Morgan fingerprint density at radius 2 is 1.88 bits per heavy atom. The largest absolute Gasteiger partial charge is 0.495 e. The Morgan fingerprint density at radius 1 is 1.15 bits per heavy atom. The van der Waals surface area contributed by atoms with Gasteiger partial charge in [-0.3, -0.25) is 14.6 Å². The van der Waals surface area contributed by atoms with Crippen molar-refractivity contribution in [3.63, 3.8) is 0 Å². The number of amidine groups is 1. The van der Waals surface area contributed by atoms with Gasteiger partial charge in [0.1, 0.15) is 11.6 Å². The molecule has 0 unspecified atom stereocenters. The molecule has 4 amide bonds. The normalized spacial score (nSPS) is 16.2. The number of carbonyl (C=O) groups is 3. The first-order valence-corrected chi connectivity index (χ1v) is 13.0. The van der Waals surface area contributed by atoms with Crippen molar-refractivity contribution in [1.82, 2.24) is 20.4 Å². The molecule has 2 aromatic carbocycles. The van der Waals surface area contributed by atoms with Crippen molar-refractivity contribution >= 4 is 29.4 Å². The van der Waals surface area contributed by atoms with E-state index in [1.807, 2.05) is 63.2 Å². The Morgan fingerprint density at radius 3 is 2.52 bits per heavy atom. The maximum Gasteiger partial charge on any atom is 0.318 e. The molecule has 1 atom stereocenters. The fourth-order valence-electron chi connectivity index (χ4n) is 5.00. The highest BCUT2D eigenvalue weighted by molar-refractivity contribution is 6.15. The van der Waals surface area contributed by atoms with Crippen LogP contribution in [-0.2, 0) is 4.79 Å². The SMILES string of the molecule is C=CC(=O)Nc1ccc(C(=O)NC2=NCC3=C2CN(C(=O)N[C@H](CN(C)C)c2ccccc2)C3(C)C)cc1OC. The van der Waals surface area contributed by atoms with E-state index in [-0.39, 0.29) is 23.9 Å². The fourth-order valence-corrected chi connectivity index (χ4v) is 5.00. The predicted octanol–water partition coefficient (Wildman–Crippen LogP) is 3.36. The van der Waals surface area contributed by atoms with Crippen molar-refractivity contribution in [2.45, 2.75) is 25.4 Å². The van der Waals surface area contributed by atoms with Gasteiger partial charge in [-0.1, -0.05) is 36.9 Å². The molecular formula is C30H36N6O4. The van der Waals surface area contributed by atoms with Gasteiger partial charge in [0.05, 0.1) is 37.5 Å². The maximum atomic E-state index is 13.6. The Labute approximate surface area is 234 Å². The molecule has 2 heterocycles. The van der Waals surface area contributed by atoms with Crippen LogP contribution in [0.3, 0.4) is 0 Å². The van der Waals surface area contributed by atoms with Crippen LogP contribution in [0.25, 0.3) is 0 Å². The Balaban J connectivity index is 1.47. The second kappa shape index (κ2) is 11.7. The molecule has 10 nitrogen and oxygen atoms in total. The third kappa shape index (κ3) is 5.91. The second-order valence-corrected chi connectivity index (χ2v) is 10.5. The summed E-state index contributed by atoms with van der Waals surface area (Å²) in [6, 6.07) is 14.3. The number of carbonyl (C=O) groups excluding carboxylic acids is 3. The summed E-state index contributed by atoms with van der Waals surface area (Å²) in [5.41, 5.74) is 3.06. The van der Waals surface area contributed by atoms with E-state index in [1.54, 1.807) is 23.1 Å². The zero-order valence-corrected chi connectivity index (χ0v) is 23.6. The monoisotopic (exact) mass is 544 g/mol. The number of benzene rings is 2. The van der Waals surface area contributed by atoms with E-state index in [0.717, 1.165) is 22.8 Å². The molecule has 0 aromatic heterocycles. The van der Waals surface area contributed by atoms with Gasteiger partial charge < -0.3 is 30.5 Å². The molecule has 0 bridgehead atoms. The lowest BCUT2D eigenvalue weighted by molar-refractivity contribution is -0.111. The third-order valence-electron chi connectivity index (χ3n) is 7.21. The van der Waals surface area contributed by atoms with E-state index in [4.69, 9.17) is 4.74 Å². The topological polar surface area (TPSA) is 115 Å². The van der Waals surface area contributed by atoms with Crippen LogP contribution in [0.4, 0.5) is 10.5 Å². The molecule has 10 heteroatoms. The smallest absolute Gasteiger partial charge is 0.318 e. The number of hydrogen-bond acceptors (Lipinski definition) is 6. The number of anilines is 1. The number of amides is 4. The van der Waals surface area contributed by atoms with E-state index < -0.39 is 5.54 Å². The number of methoxy groups -OCH3 is 1. The van der Waals surface area contributed by atoms with Gasteiger partial charge in [-0.25, -0.2) is 4.79 Å². The standard InChI is InChI=1S/C30H36N6O4/c1-7-26(37)32-23-14-13-20(15-25(23)40-6)28(38)34-27-21-17-36(30(2,3)22(21)16-31-27)29(39)33-24(18-35(4)5)19-11-9-8-10-12-19/h7-15,24H,1,16-18H2,2-6H3,(H,32,37)(H,33,39)(H,31,34,38)/t24-/m1/s1. The minimum Gasteiger partial charge on any atom is -0.495 e. The molecular weight excluding hydrogens is 508 g/mol. The van der Waals surface area contributed by atoms with E-state index >= 15 is 0 Å². The number of nitrogens with zero attached hydrogens (tertiary/aromatic N) is 3. The van der Waals surface area contributed by atoms with Gasteiger partial charge in [0.25, 0.3) is 5.91 Å². The van der Waals surface area contributed by atoms with Crippen molar-refractivity contribution in [2.24, 2.45) is 4.99 Å². The Kier molecular flexibility index (Phi) is 8.39. The van der Waals surface area contributed by atoms with Crippen LogP contribution < -0.4 is 20.7 Å². The van der Waals surface area contributed by atoms with Gasteiger partial charge in [0, 0.05) is 17.7 Å². The predicted molar refractivity (Wildman–Crippen MR) is 156 cm³/mol. The van der Waals surface area contributed by atoms with Crippen LogP contribution in [0.5, 0.6) is 5.75 Å². The summed E-state index contributed by atoms with van der Waals surface area (Å²) in [5, 5.41) is 8.77. The first-order chi connectivity index (χ1) is 19.0. The maximum absolute atomic E-state index is 13.6. The van der Waals surface area contributed by atoms with Crippen LogP contribution in [-0.4, -0.2) is 79.9 Å². The summed E-state index contributed by atoms with van der Waals surface area (Å²) in [7, 11) is 5.41. The number of rotatable bonds is 8. The van der Waals surface area contributed by atoms with Crippen molar-refractivity contribution in [3.05, 3.63) is 83.5 Å². The molecule has 40 heavy (non-hydrogen) atoms. The first kappa shape index (κ1) is 28.6. The van der Waals surface area contributed by atoms with Gasteiger partial charge in [0.2, 0.25) is 5.91 Å². The van der Waals surface area contributed by atoms with Crippen molar-refractivity contribution in [1.29, 1.82) is 0 Å². The summed E-state index contributed by atoms with van der Waals surface area (Å²) in [6.45, 7) is 8.82. The average molecular weight is 545 g/mol. The average Bonchev–Trinajstić information content (AvgIpc) is 3.45. The van der Waals surface area contributed by atoms with Gasteiger partial charge >= 0.3 is 6.03 Å². The van der Waals surface area contributed by atoms with E-state index in [0.29, 0.717) is 42.5 Å². The molecule has 210 valence electrons. The van der Waals surface area contributed by atoms with Crippen LogP contribution in [0, 0.1) is 0 Å². The molecule has 0 saturated carbocycles. The Hall–Kier alpha value is -4.44. The minimum absolute atomic E-state index is 0.178.